The predicted octanol–water partition coefficient (Wildman–Crippen LogP) is 7.42. The Morgan fingerprint density at radius 1 is 0.489 bits per heavy atom. The topological polar surface area (TPSA) is 426 Å². The molecule has 0 aromatic carbocycles. The minimum Gasteiger partial charge on any atom is -0.450 e. The number of aliphatic imine (C=N–C) groups is 4. The van der Waals surface area contributed by atoms with E-state index in [0.29, 0.717) is 150 Å². The van der Waals surface area contributed by atoms with Gasteiger partial charge < -0.3 is 86.8 Å². The molecule has 0 spiro atoms. The monoisotopic (exact) mass is 1620 g/mol. The third-order valence-electron chi connectivity index (χ3n) is 9.70. The molecule has 9 N–H and O–H groups in total. The standard InChI is InChI=1S/C10H25N2O4PSi.C10H24N2O4Si.C10H20N2O3.C9H23NO3Si.C8H12N2O2.C4H5NO2.C2H4O2.C2H6O.CH4.U/c1-4-14-18(15-5-2,16-6-3)9-7-8-11-10(13)12-17;1-4-14-17(15-5-2,16-6-3)9-7-8-12-10(11)13;1-2-14-15-10-12-8-6-4-3-5-7-11-9-13;1-4-11-14(12-5-2,13-6-3)9-7-8-10;11-7-9-5-3-1-2-4-6-10-8-12;6-3-1-2-5-4-7;3-1-2-4;1-2-3;;/h4-9,17H2,1-3H3,(H2,11,12,13);4-9H2,1-3H3,(H3,11,12,13);12H,2-8,10H2,1H3;4-10H2,1-3H3;1-6H2;3H,1-2H2;1,4H,2H2;3H,2H2,1H3;1H4;/p-1. The quantitative estimate of drug-likeness (QED) is 0.00358. The molecule has 0 bridgehead atoms. The van der Waals surface area contributed by atoms with Crippen LogP contribution in [0.25, 0.3) is 5.73 Å². The molecule has 1 atom stereocenters. The van der Waals surface area contributed by atoms with Crippen LogP contribution < -0.4 is 26.8 Å². The van der Waals surface area contributed by atoms with Gasteiger partial charge in [-0.05, 0) is 144 Å². The van der Waals surface area contributed by atoms with Gasteiger partial charge in [-0.25, -0.2) is 53.7 Å². The molecule has 31 nitrogen and oxygen atoms in total. The van der Waals surface area contributed by atoms with Crippen LogP contribution in [0.1, 0.15) is 161 Å². The molecule has 0 radical (unpaired) electrons. The van der Waals surface area contributed by atoms with Crippen molar-refractivity contribution in [3.63, 3.8) is 0 Å². The zero-order valence-electron chi connectivity index (χ0n) is 56.7. The molecule has 0 aliphatic carbocycles. The number of nitrogens with one attached hydrogen (secondary N) is 5. The Hall–Kier alpha value is -3.07. The Balaban J connectivity index is -0.000000108. The van der Waals surface area contributed by atoms with E-state index in [9.17, 15) is 33.6 Å². The van der Waals surface area contributed by atoms with Crippen molar-refractivity contribution in [3.05, 3.63) is 5.73 Å². The molecule has 4 amide bonds. The third-order valence-corrected chi connectivity index (χ3v) is 19.4. The first-order valence-corrected chi connectivity index (χ1v) is 37.3. The van der Waals surface area contributed by atoms with Gasteiger partial charge >= 0.3 is 32.4 Å². The van der Waals surface area contributed by atoms with E-state index in [1.54, 1.807) is 6.92 Å². The van der Waals surface area contributed by atoms with Gasteiger partial charge in [0.05, 0.1) is 39.4 Å². The van der Waals surface area contributed by atoms with Crippen LogP contribution in [0.3, 0.4) is 0 Å². The number of aliphatic hydroxyl groups is 2. The average Bonchev–Trinajstić information content (AvgIpc) is 1.17. The van der Waals surface area contributed by atoms with Crippen LogP contribution in [0.2, 0.25) is 18.1 Å². The van der Waals surface area contributed by atoms with Crippen LogP contribution in [-0.4, -0.2) is 224 Å². The van der Waals surface area contributed by atoms with Gasteiger partial charge in [0.1, 0.15) is 25.3 Å². The van der Waals surface area contributed by atoms with Gasteiger partial charge in [-0.15, -0.1) is 0 Å². The number of aliphatic hydroxyl groups excluding tert-OH is 2. The van der Waals surface area contributed by atoms with Crippen molar-refractivity contribution in [2.75, 3.05) is 138 Å². The number of amides is 4. The second-order valence-corrected chi connectivity index (χ2v) is 25.2. The molecular weight excluding hydrogens is 1500 g/mol. The van der Waals surface area contributed by atoms with Crippen molar-refractivity contribution in [2.24, 2.45) is 25.7 Å². The summed E-state index contributed by atoms with van der Waals surface area (Å²) >= 11 is 0. The molecule has 36 heteroatoms. The number of urea groups is 2. The average molecular weight is 1620 g/mol. The van der Waals surface area contributed by atoms with Crippen molar-refractivity contribution in [3.8, 4) is 0 Å². The summed E-state index contributed by atoms with van der Waals surface area (Å²) in [6.45, 7) is 31.7. The van der Waals surface area contributed by atoms with Gasteiger partial charge in [0, 0.05) is 128 Å². The summed E-state index contributed by atoms with van der Waals surface area (Å²) < 4.78 is 51.0. The summed E-state index contributed by atoms with van der Waals surface area (Å²) in [6, 6.07) is 1.21. The predicted molar refractivity (Wildman–Crippen MR) is 361 cm³/mol. The van der Waals surface area contributed by atoms with E-state index in [4.69, 9.17) is 76.1 Å². The minimum absolute atomic E-state index is 0. The summed E-state index contributed by atoms with van der Waals surface area (Å²) in [5, 5.41) is 25.7. The molecule has 0 aromatic rings. The fourth-order valence-electron chi connectivity index (χ4n) is 6.46. The minimum atomic E-state index is -2.58. The van der Waals surface area contributed by atoms with E-state index in [1.807, 2.05) is 69.2 Å². The molecule has 0 rings (SSSR count). The maximum Gasteiger partial charge on any atom is 0.500 e. The third kappa shape index (κ3) is 95.6. The zero-order chi connectivity index (χ0) is 69.8. The van der Waals surface area contributed by atoms with Gasteiger partial charge in [0.25, 0.3) is 0 Å². The van der Waals surface area contributed by atoms with E-state index in [2.05, 4.69) is 50.4 Å². The number of nitrogens with zero attached hydrogens (tertiary/aromatic N) is 4. The van der Waals surface area contributed by atoms with Crippen LogP contribution in [0, 0.1) is 31.1 Å². The molecule has 544 valence electrons. The number of unbranched alkanes of at least 4 members (excludes halogenated alkanes) is 6. The van der Waals surface area contributed by atoms with E-state index in [0.717, 1.165) is 76.8 Å². The van der Waals surface area contributed by atoms with Gasteiger partial charge in [0.15, 0.2) is 0 Å². The summed E-state index contributed by atoms with van der Waals surface area (Å²) in [6.07, 6.45) is 17.8. The fraction of sp³-hybridized carbons (Fsp3) is 0.857. The Kier molecular flexibility index (Phi) is 119. The van der Waals surface area contributed by atoms with Crippen molar-refractivity contribution < 1.29 is 129 Å². The largest absolute Gasteiger partial charge is 0.500 e. The van der Waals surface area contributed by atoms with E-state index in [1.165, 1.54) is 24.3 Å². The van der Waals surface area contributed by atoms with Crippen LogP contribution in [-0.2, 0) is 78.4 Å². The number of carbonyl (C=O) groups is 4. The maximum absolute atomic E-state index is 11.0. The van der Waals surface area contributed by atoms with Gasteiger partial charge in [-0.2, -0.15) is 0 Å². The Morgan fingerprint density at radius 3 is 1.08 bits per heavy atom. The first kappa shape index (κ1) is 110. The van der Waals surface area contributed by atoms with Crippen molar-refractivity contribution >= 4 is 84.8 Å². The Bertz CT molecular complexity index is 1650. The first-order valence-electron chi connectivity index (χ1n) is 30.9. The smallest absolute Gasteiger partial charge is 0.450 e. The van der Waals surface area contributed by atoms with E-state index in [-0.39, 0.29) is 64.3 Å². The number of nitrogens with two attached hydrogens (primary N) is 1. The van der Waals surface area contributed by atoms with Crippen molar-refractivity contribution in [1.82, 2.24) is 21.0 Å². The summed E-state index contributed by atoms with van der Waals surface area (Å²) in [4.78, 5) is 101. The molecule has 0 aliphatic rings. The molecule has 0 aliphatic heterocycles. The Labute approximate surface area is 580 Å². The van der Waals surface area contributed by atoms with Gasteiger partial charge in [0.2, 0.25) is 24.3 Å². The molecule has 0 aromatic heterocycles. The molecular formula is C56H122N10O21PSi3U-. The van der Waals surface area contributed by atoms with Gasteiger partial charge in [-0.1, -0.05) is 39.7 Å². The Morgan fingerprint density at radius 2 is 0.804 bits per heavy atom. The van der Waals surface area contributed by atoms with E-state index >= 15 is 0 Å². The SMILES string of the molecule is C.CCO.CCOOCNCCCCCCN=C=O.CCO[Si](CCCN)(OCC)OCC.CCO[Si](CCCNC(=O)NP)(OCC)OCC.CCO[Si](CCCNC([NH-])=O)(OCC)OCC.O=C=NCCC=O.O=C=NCCCCCCN=C=O.O=CCO.[U]. The molecule has 0 saturated heterocycles. The van der Waals surface area contributed by atoms with Crippen LogP contribution in [0.4, 0.5) is 9.59 Å². The number of carbonyl (C=O) groups excluding carboxylic acids is 8. The van der Waals surface area contributed by atoms with Crippen molar-refractivity contribution in [1.29, 1.82) is 0 Å². The normalized spacial score (nSPS) is 9.86. The van der Waals surface area contributed by atoms with Crippen LogP contribution in [0.15, 0.2) is 20.0 Å². The number of aldehydes is 2. The molecule has 0 saturated carbocycles. The number of hydrogen-bond donors (Lipinski definition) is 7. The zero-order valence-corrected chi connectivity index (χ0v) is 65.0. The number of rotatable bonds is 51. The fourth-order valence-corrected chi connectivity index (χ4v) is 14.4. The van der Waals surface area contributed by atoms with Gasteiger partial charge in [-0.3, -0.25) is 10.1 Å². The van der Waals surface area contributed by atoms with Crippen molar-refractivity contribution in [2.45, 2.75) is 179 Å². The number of hydrogen-bond acceptors (Lipinski definition) is 27. The second-order valence-electron chi connectivity index (χ2n) is 16.7. The molecule has 0 heterocycles. The molecule has 0 fully saturated rings. The second kappa shape index (κ2) is 99.0. The first-order chi connectivity index (χ1) is 43.5. The van der Waals surface area contributed by atoms with Crippen LogP contribution >= 0.6 is 9.39 Å². The van der Waals surface area contributed by atoms with E-state index < -0.39 is 32.4 Å². The summed E-state index contributed by atoms with van der Waals surface area (Å²) in [5.41, 5.74) is 12.2. The van der Waals surface area contributed by atoms with Crippen LogP contribution in [0.5, 0.6) is 0 Å². The molecule has 92 heavy (non-hydrogen) atoms. The number of isocyanates is 4. The summed E-state index contributed by atoms with van der Waals surface area (Å²) in [5.74, 6) is 0. The maximum atomic E-state index is 11.0. The summed E-state index contributed by atoms with van der Waals surface area (Å²) in [7, 11) is -5.38. The molecule has 1 unspecified atom stereocenters.